The lowest BCUT2D eigenvalue weighted by Gasteiger charge is -2.50. The number of unbranched alkanes of at least 4 members (excludes halogenated alkanes) is 37. The first kappa shape index (κ1) is 87.7. The summed E-state index contributed by atoms with van der Waals surface area (Å²) >= 11 is 0. The summed E-state index contributed by atoms with van der Waals surface area (Å²) in [6, 6.07) is -2.53. The highest BCUT2D eigenvalue weighted by molar-refractivity contribution is 5.77. The van der Waals surface area contributed by atoms with Gasteiger partial charge in [0.25, 0.3) is 5.79 Å². The van der Waals surface area contributed by atoms with Gasteiger partial charge in [-0.05, 0) is 38.5 Å². The van der Waals surface area contributed by atoms with Crippen molar-refractivity contribution in [2.75, 3.05) is 26.4 Å². The van der Waals surface area contributed by atoms with Crippen LogP contribution in [0.25, 0.3) is 0 Å². The lowest BCUT2D eigenvalue weighted by molar-refractivity contribution is -0.386. The third-order valence-electron chi connectivity index (χ3n) is 19.5. The number of hydrogen-bond acceptors (Lipinski definition) is 20. The van der Waals surface area contributed by atoms with Crippen molar-refractivity contribution >= 4 is 17.8 Å². The van der Waals surface area contributed by atoms with Gasteiger partial charge in [0.2, 0.25) is 11.8 Å². The minimum atomic E-state index is -3.08. The molecule has 0 spiro atoms. The molecule has 3 heterocycles. The molecule has 2 amide bonds. The van der Waals surface area contributed by atoms with Crippen LogP contribution in [0.1, 0.15) is 297 Å². The van der Waals surface area contributed by atoms with Crippen molar-refractivity contribution in [1.82, 2.24) is 10.6 Å². The number of allylic oxidation sites excluding steroid dienone is 2. The van der Waals surface area contributed by atoms with E-state index in [1.807, 2.05) is 0 Å². The molecule has 3 aliphatic rings. The van der Waals surface area contributed by atoms with Crippen LogP contribution in [0, 0.1) is 0 Å². The van der Waals surface area contributed by atoms with Gasteiger partial charge >= 0.3 is 5.97 Å². The Morgan fingerprint density at radius 2 is 0.969 bits per heavy atom. The maximum absolute atomic E-state index is 13.5. The molecule has 3 rings (SSSR count). The summed E-state index contributed by atoms with van der Waals surface area (Å²) < 4.78 is 34.9. The van der Waals surface area contributed by atoms with E-state index >= 15 is 0 Å². The monoisotopic (exact) mass is 1380 g/mol. The Kier molecular flexibility index (Phi) is 48.7. The van der Waals surface area contributed by atoms with Gasteiger partial charge in [-0.2, -0.15) is 0 Å². The molecule has 0 radical (unpaired) electrons. The largest absolute Gasteiger partial charge is 0.477 e. The molecule has 0 aromatic rings. The zero-order valence-electron chi connectivity index (χ0n) is 59.2. The molecule has 3 aliphatic heterocycles. The summed E-state index contributed by atoms with van der Waals surface area (Å²) in [5.74, 6) is -6.10. The number of carboxylic acids is 1. The Labute approximate surface area is 575 Å². The SMILES string of the molecule is CCCCCCCCCCC/C=C\CCCCCCCCCC(=O)NC(COC1OC(CO)C(OC2OC(CO)C(O)C(OC3(C(=O)O)CC(O)C(NC(C)=O)C(C(O)C(O)CO)O3)C2O)C(O)C1O)C(O)CCCCCCCCCCCCCCCCCCCCCCCC. The topological polar surface area (TPSA) is 373 Å². The van der Waals surface area contributed by atoms with E-state index in [0.717, 1.165) is 84.0 Å². The van der Waals surface area contributed by atoms with Crippen LogP contribution in [0.2, 0.25) is 0 Å². The number of aliphatic hydroxyl groups is 11. The number of amides is 2. The zero-order chi connectivity index (χ0) is 70.4. The second-order valence-corrected chi connectivity index (χ2v) is 27.9. The second-order valence-electron chi connectivity index (χ2n) is 27.9. The molecule has 18 atom stereocenters. The van der Waals surface area contributed by atoms with Crippen molar-refractivity contribution in [3.05, 3.63) is 12.2 Å². The molecular formula is C73H136N2O21. The van der Waals surface area contributed by atoms with Crippen LogP contribution in [0.3, 0.4) is 0 Å². The fourth-order valence-electron chi connectivity index (χ4n) is 13.4. The number of carboxylic acid groups (broad SMARTS) is 1. The zero-order valence-corrected chi connectivity index (χ0v) is 59.2. The summed E-state index contributed by atoms with van der Waals surface area (Å²) in [4.78, 5) is 38.6. The molecule has 96 heavy (non-hydrogen) atoms. The minimum absolute atomic E-state index is 0.220. The number of ether oxygens (including phenoxy) is 6. The first-order chi connectivity index (χ1) is 46.4. The Morgan fingerprint density at radius 3 is 1.41 bits per heavy atom. The highest BCUT2D eigenvalue weighted by atomic mass is 16.8. The van der Waals surface area contributed by atoms with E-state index in [1.165, 1.54) is 167 Å². The highest BCUT2D eigenvalue weighted by Gasteiger charge is 2.60. The molecule has 0 bridgehead atoms. The Bertz CT molecular complexity index is 1980. The van der Waals surface area contributed by atoms with Crippen LogP contribution in [-0.2, 0) is 42.8 Å². The van der Waals surface area contributed by atoms with Gasteiger partial charge in [0.05, 0.1) is 50.7 Å². The van der Waals surface area contributed by atoms with Crippen LogP contribution in [0.15, 0.2) is 12.2 Å². The Hall–Kier alpha value is -2.53. The minimum Gasteiger partial charge on any atom is -0.477 e. The molecule has 23 nitrogen and oxygen atoms in total. The van der Waals surface area contributed by atoms with Crippen LogP contribution < -0.4 is 10.6 Å². The van der Waals surface area contributed by atoms with Crippen molar-refractivity contribution in [2.24, 2.45) is 0 Å². The van der Waals surface area contributed by atoms with E-state index in [-0.39, 0.29) is 18.9 Å². The summed E-state index contributed by atoms with van der Waals surface area (Å²) in [6.45, 7) is 2.24. The molecule has 564 valence electrons. The number of aliphatic carboxylic acids is 1. The number of nitrogens with one attached hydrogen (secondary N) is 2. The summed E-state index contributed by atoms with van der Waals surface area (Å²) in [6.07, 6.45) is 24.8. The van der Waals surface area contributed by atoms with Crippen molar-refractivity contribution in [1.29, 1.82) is 0 Å². The molecule has 0 aliphatic carbocycles. The maximum atomic E-state index is 13.5. The number of rotatable bonds is 59. The summed E-state index contributed by atoms with van der Waals surface area (Å²) in [5, 5.41) is 136. The van der Waals surface area contributed by atoms with Crippen molar-refractivity contribution < 1.29 is 104 Å². The van der Waals surface area contributed by atoms with E-state index in [1.54, 1.807) is 0 Å². The predicted molar refractivity (Wildman–Crippen MR) is 366 cm³/mol. The van der Waals surface area contributed by atoms with E-state index in [0.29, 0.717) is 19.3 Å². The van der Waals surface area contributed by atoms with E-state index in [9.17, 15) is 75.7 Å². The number of aliphatic hydroxyl groups excluding tert-OH is 11. The normalized spacial score (nSPS) is 27.6. The number of carbonyl (C=O) groups excluding carboxylic acids is 2. The number of hydrogen-bond donors (Lipinski definition) is 14. The number of carbonyl (C=O) groups is 3. The van der Waals surface area contributed by atoms with Crippen LogP contribution in [-0.4, -0.2) is 215 Å². The summed E-state index contributed by atoms with van der Waals surface area (Å²) in [7, 11) is 0. The molecule has 0 aromatic carbocycles. The van der Waals surface area contributed by atoms with E-state index < -0.39 is 148 Å². The van der Waals surface area contributed by atoms with Gasteiger partial charge in [-0.3, -0.25) is 9.59 Å². The smallest absolute Gasteiger partial charge is 0.364 e. The lowest BCUT2D eigenvalue weighted by atomic mass is 9.88. The van der Waals surface area contributed by atoms with Gasteiger partial charge in [0, 0.05) is 19.8 Å². The second kappa shape index (κ2) is 53.3. The van der Waals surface area contributed by atoms with Gasteiger partial charge in [0.15, 0.2) is 12.6 Å². The van der Waals surface area contributed by atoms with Crippen LogP contribution in [0.5, 0.6) is 0 Å². The van der Waals surface area contributed by atoms with Crippen molar-refractivity contribution in [3.8, 4) is 0 Å². The van der Waals surface area contributed by atoms with Crippen molar-refractivity contribution in [3.63, 3.8) is 0 Å². The third kappa shape index (κ3) is 34.4. The Balaban J connectivity index is 1.55. The molecule has 0 aromatic heterocycles. The van der Waals surface area contributed by atoms with E-state index in [4.69, 9.17) is 28.4 Å². The van der Waals surface area contributed by atoms with Crippen molar-refractivity contribution in [2.45, 2.75) is 407 Å². The fourth-order valence-corrected chi connectivity index (χ4v) is 13.4. The molecule has 14 N–H and O–H groups in total. The third-order valence-corrected chi connectivity index (χ3v) is 19.5. The Morgan fingerprint density at radius 1 is 0.531 bits per heavy atom. The molecule has 0 saturated carbocycles. The van der Waals surface area contributed by atoms with Gasteiger partial charge in [-0.1, -0.05) is 251 Å². The van der Waals surface area contributed by atoms with Crippen LogP contribution >= 0.6 is 0 Å². The van der Waals surface area contributed by atoms with Gasteiger partial charge in [-0.15, -0.1) is 0 Å². The highest BCUT2D eigenvalue weighted by Crippen LogP contribution is 2.39. The molecular weight excluding hydrogens is 1240 g/mol. The first-order valence-corrected chi connectivity index (χ1v) is 38.0. The first-order valence-electron chi connectivity index (χ1n) is 38.0. The van der Waals surface area contributed by atoms with Crippen LogP contribution in [0.4, 0.5) is 0 Å². The average molecular weight is 1380 g/mol. The van der Waals surface area contributed by atoms with Gasteiger partial charge in [0.1, 0.15) is 67.1 Å². The van der Waals surface area contributed by atoms with Gasteiger partial charge in [-0.25, -0.2) is 4.79 Å². The molecule has 3 saturated heterocycles. The molecule has 3 fully saturated rings. The standard InChI is InChI=1S/C73H136N2O21/c1-4-6-8-10-12-14-16-18-20-22-24-26-27-28-30-32-34-36-38-40-42-44-46-55(80)54(75-60(83)47-45-43-41-39-37-35-33-31-29-25-23-21-19-17-15-13-11-9-7-5-2)52-91-70-65(87)64(86)67(59(51-78)93-70)94-71-66(88)69(63(85)58(50-77)92-71)96-73(72(89)90)48-56(81)61(74-53(3)79)68(95-73)62(84)57(82)49-76/h25,29,54-59,61-71,76-78,80-82,84-88H,4-24,26-28,30-52H2,1-3H3,(H,74,79)(H,75,83)(H,89,90)/b29-25-. The van der Waals surface area contributed by atoms with E-state index in [2.05, 4.69) is 36.6 Å². The van der Waals surface area contributed by atoms with Gasteiger partial charge < -0.3 is 100 Å². The fraction of sp³-hybridized carbons (Fsp3) is 0.932. The average Bonchev–Trinajstić information content (AvgIpc) is 0.758. The summed E-state index contributed by atoms with van der Waals surface area (Å²) in [5.41, 5.74) is 0. The molecule has 23 heteroatoms. The quantitative estimate of drug-likeness (QED) is 0.0200. The predicted octanol–water partition coefficient (Wildman–Crippen LogP) is 8.63. The molecule has 18 unspecified atom stereocenters. The lowest BCUT2D eigenvalue weighted by Crippen LogP contribution is -2.70. The maximum Gasteiger partial charge on any atom is 0.364 e.